The highest BCUT2D eigenvalue weighted by molar-refractivity contribution is 7.91. The van der Waals surface area contributed by atoms with Crippen LogP contribution in [0.3, 0.4) is 0 Å². The van der Waals surface area contributed by atoms with Gasteiger partial charge in [0, 0.05) is 5.69 Å². The number of hydrogen-bond donors (Lipinski definition) is 1. The highest BCUT2D eigenvalue weighted by Crippen LogP contribution is 2.28. The molecule has 4 rings (SSSR count). The summed E-state index contributed by atoms with van der Waals surface area (Å²) in [6, 6.07) is 23.4. The van der Waals surface area contributed by atoms with Crippen LogP contribution in [0.5, 0.6) is 11.5 Å². The van der Waals surface area contributed by atoms with Crippen LogP contribution in [0.4, 0.5) is 5.69 Å². The van der Waals surface area contributed by atoms with E-state index in [1.807, 2.05) is 36.4 Å². The Morgan fingerprint density at radius 2 is 1.59 bits per heavy atom. The average molecular weight is 450 g/mol. The zero-order chi connectivity index (χ0) is 22.4. The van der Waals surface area contributed by atoms with Crippen LogP contribution < -0.4 is 10.1 Å². The Morgan fingerprint density at radius 3 is 2.38 bits per heavy atom. The number of carbonyl (C=O) groups is 1. The Bertz CT molecular complexity index is 1170. The fraction of sp³-hybridized carbons (Fsp3) is 0.269. The zero-order valence-electron chi connectivity index (χ0n) is 17.9. The number of nitrogens with one attached hydrogen (secondary N) is 1. The third-order valence-electron chi connectivity index (χ3n) is 5.72. The van der Waals surface area contributed by atoms with Crippen molar-refractivity contribution in [2.24, 2.45) is 0 Å². The Morgan fingerprint density at radius 1 is 0.875 bits per heavy atom. The number of sulfone groups is 1. The van der Waals surface area contributed by atoms with Gasteiger partial charge in [-0.2, -0.15) is 0 Å². The van der Waals surface area contributed by atoms with Crippen molar-refractivity contribution < 1.29 is 17.9 Å². The van der Waals surface area contributed by atoms with E-state index in [1.165, 1.54) is 0 Å². The first-order chi connectivity index (χ1) is 15.5. The number of amides is 1. The molecule has 5 nitrogen and oxygen atoms in total. The van der Waals surface area contributed by atoms with Crippen LogP contribution in [-0.4, -0.2) is 19.6 Å². The largest absolute Gasteiger partial charge is 0.457 e. The highest BCUT2D eigenvalue weighted by Gasteiger charge is 2.27. The monoisotopic (exact) mass is 449 g/mol. The summed E-state index contributed by atoms with van der Waals surface area (Å²) in [6.07, 6.45) is 4.56. The molecule has 1 aliphatic carbocycles. The molecule has 0 aromatic heterocycles. The van der Waals surface area contributed by atoms with Crippen molar-refractivity contribution in [2.75, 3.05) is 5.32 Å². The Hall–Kier alpha value is -3.12. The number of rotatable bonds is 7. The van der Waals surface area contributed by atoms with Crippen LogP contribution in [0.15, 0.2) is 78.9 Å². The SMILES string of the molecule is O=C(Nc1cccc(CS(=O)(=O)C2CCCCC2)c1)c1ccccc1Oc1ccccc1. The van der Waals surface area contributed by atoms with Crippen molar-refractivity contribution in [3.8, 4) is 11.5 Å². The molecule has 1 amide bonds. The molecule has 1 aliphatic rings. The van der Waals surface area contributed by atoms with Gasteiger partial charge in [0.05, 0.1) is 16.6 Å². The lowest BCUT2D eigenvalue weighted by molar-refractivity contribution is 0.102. The molecule has 166 valence electrons. The Kier molecular flexibility index (Phi) is 6.90. The predicted molar refractivity (Wildman–Crippen MR) is 127 cm³/mol. The van der Waals surface area contributed by atoms with Gasteiger partial charge in [0.25, 0.3) is 5.91 Å². The molecule has 0 aliphatic heterocycles. The van der Waals surface area contributed by atoms with Gasteiger partial charge in [-0.3, -0.25) is 4.79 Å². The Balaban J connectivity index is 1.48. The molecule has 0 bridgehead atoms. The molecule has 0 spiro atoms. The maximum Gasteiger partial charge on any atom is 0.259 e. The van der Waals surface area contributed by atoms with E-state index in [-0.39, 0.29) is 16.9 Å². The summed E-state index contributed by atoms with van der Waals surface area (Å²) >= 11 is 0. The van der Waals surface area contributed by atoms with Crippen molar-refractivity contribution in [1.82, 2.24) is 0 Å². The summed E-state index contributed by atoms with van der Waals surface area (Å²) in [7, 11) is -3.21. The average Bonchev–Trinajstić information content (AvgIpc) is 2.81. The van der Waals surface area contributed by atoms with E-state index in [9.17, 15) is 13.2 Å². The van der Waals surface area contributed by atoms with Gasteiger partial charge in [0.1, 0.15) is 11.5 Å². The second-order valence-electron chi connectivity index (χ2n) is 8.13. The van der Waals surface area contributed by atoms with Crippen molar-refractivity contribution >= 4 is 21.4 Å². The van der Waals surface area contributed by atoms with Crippen molar-refractivity contribution in [3.63, 3.8) is 0 Å². The number of benzene rings is 3. The van der Waals surface area contributed by atoms with Gasteiger partial charge >= 0.3 is 0 Å². The van der Waals surface area contributed by atoms with E-state index in [1.54, 1.807) is 42.5 Å². The minimum atomic E-state index is -3.21. The van der Waals surface area contributed by atoms with Crippen LogP contribution in [0.1, 0.15) is 48.0 Å². The van der Waals surface area contributed by atoms with Gasteiger partial charge in [-0.15, -0.1) is 0 Å². The topological polar surface area (TPSA) is 72.5 Å². The molecule has 1 fully saturated rings. The fourth-order valence-electron chi connectivity index (χ4n) is 4.07. The number of carbonyl (C=O) groups excluding carboxylic acids is 1. The van der Waals surface area contributed by atoms with Crippen LogP contribution in [0.25, 0.3) is 0 Å². The van der Waals surface area contributed by atoms with E-state index in [4.69, 9.17) is 4.74 Å². The standard InChI is InChI=1S/C26H27NO4S/c28-26(24-16-7-8-17-25(24)31-22-12-3-1-4-13-22)27-21-11-9-10-20(18-21)19-32(29,30)23-14-5-2-6-15-23/h1,3-4,7-13,16-18,23H,2,5-6,14-15,19H2,(H,27,28). The molecule has 0 saturated heterocycles. The van der Waals surface area contributed by atoms with Crippen LogP contribution in [0, 0.1) is 0 Å². The number of hydrogen-bond acceptors (Lipinski definition) is 4. The maximum absolute atomic E-state index is 13.0. The van der Waals surface area contributed by atoms with Gasteiger partial charge < -0.3 is 10.1 Å². The van der Waals surface area contributed by atoms with Crippen molar-refractivity contribution in [3.05, 3.63) is 90.0 Å². The second kappa shape index (κ2) is 10.0. The maximum atomic E-state index is 13.0. The molecule has 3 aromatic carbocycles. The van der Waals surface area contributed by atoms with E-state index >= 15 is 0 Å². The lowest BCUT2D eigenvalue weighted by atomic mass is 10.0. The molecule has 6 heteroatoms. The van der Waals surface area contributed by atoms with Crippen LogP contribution in [-0.2, 0) is 15.6 Å². The van der Waals surface area contributed by atoms with E-state index < -0.39 is 9.84 Å². The van der Waals surface area contributed by atoms with Gasteiger partial charge in [0.2, 0.25) is 0 Å². The molecule has 32 heavy (non-hydrogen) atoms. The highest BCUT2D eigenvalue weighted by atomic mass is 32.2. The van der Waals surface area contributed by atoms with E-state index in [0.29, 0.717) is 28.3 Å². The Labute approximate surface area is 189 Å². The first kappa shape index (κ1) is 22.1. The molecule has 0 unspecified atom stereocenters. The fourth-order valence-corrected chi connectivity index (χ4v) is 6.00. The number of para-hydroxylation sites is 2. The summed E-state index contributed by atoms with van der Waals surface area (Å²) in [5.41, 5.74) is 1.64. The minimum absolute atomic E-state index is 0.00488. The van der Waals surface area contributed by atoms with Gasteiger partial charge in [-0.25, -0.2) is 8.42 Å². The summed E-state index contributed by atoms with van der Waals surface area (Å²) < 4.78 is 31.5. The first-order valence-electron chi connectivity index (χ1n) is 10.9. The third-order valence-corrected chi connectivity index (χ3v) is 7.94. The zero-order valence-corrected chi connectivity index (χ0v) is 18.7. The second-order valence-corrected chi connectivity index (χ2v) is 10.4. The normalized spacial score (nSPS) is 14.6. The predicted octanol–water partition coefficient (Wildman–Crippen LogP) is 5.98. The number of ether oxygens (including phenoxy) is 1. The van der Waals surface area contributed by atoms with Crippen LogP contribution in [0.2, 0.25) is 0 Å². The van der Waals surface area contributed by atoms with E-state index in [2.05, 4.69) is 5.32 Å². The molecule has 0 radical (unpaired) electrons. The smallest absolute Gasteiger partial charge is 0.259 e. The number of anilines is 1. The molecule has 3 aromatic rings. The molecule has 1 saturated carbocycles. The van der Waals surface area contributed by atoms with Crippen LogP contribution >= 0.6 is 0 Å². The molecular weight excluding hydrogens is 422 g/mol. The third kappa shape index (κ3) is 5.56. The summed E-state index contributed by atoms with van der Waals surface area (Å²) in [6.45, 7) is 0. The van der Waals surface area contributed by atoms with Crippen molar-refractivity contribution in [1.29, 1.82) is 0 Å². The lowest BCUT2D eigenvalue weighted by Gasteiger charge is -2.21. The molecular formula is C26H27NO4S. The lowest BCUT2D eigenvalue weighted by Crippen LogP contribution is -2.25. The quantitative estimate of drug-likeness (QED) is 0.482. The van der Waals surface area contributed by atoms with Crippen molar-refractivity contribution in [2.45, 2.75) is 43.1 Å². The van der Waals surface area contributed by atoms with E-state index in [0.717, 1.165) is 32.1 Å². The van der Waals surface area contributed by atoms with Gasteiger partial charge in [-0.1, -0.05) is 61.7 Å². The van der Waals surface area contributed by atoms with Gasteiger partial charge in [0.15, 0.2) is 9.84 Å². The van der Waals surface area contributed by atoms with Gasteiger partial charge in [-0.05, 0) is 54.8 Å². The molecule has 0 heterocycles. The summed E-state index contributed by atoms with van der Waals surface area (Å²) in [4.78, 5) is 13.0. The first-order valence-corrected chi connectivity index (χ1v) is 12.7. The molecule has 1 N–H and O–H groups in total. The summed E-state index contributed by atoms with van der Waals surface area (Å²) in [5, 5.41) is 2.62. The summed E-state index contributed by atoms with van der Waals surface area (Å²) in [5.74, 6) is 0.772. The molecule has 0 atom stereocenters. The minimum Gasteiger partial charge on any atom is -0.457 e.